The van der Waals surface area contributed by atoms with Crippen LogP contribution in [0.25, 0.3) is 5.69 Å². The molecule has 4 rings (SSSR count). The molecule has 0 N–H and O–H groups in total. The van der Waals surface area contributed by atoms with Gasteiger partial charge in [0, 0.05) is 31.9 Å². The number of piperazine rings is 1. The highest BCUT2D eigenvalue weighted by Gasteiger charge is 2.33. The molecule has 0 bridgehead atoms. The molecule has 2 heterocycles. The van der Waals surface area contributed by atoms with Crippen molar-refractivity contribution in [3.63, 3.8) is 0 Å². The Morgan fingerprint density at radius 2 is 1.55 bits per heavy atom. The average Bonchev–Trinajstić information content (AvgIpc) is 3.20. The molecule has 1 saturated heterocycles. The lowest BCUT2D eigenvalue weighted by atomic mass is 10.2. The lowest BCUT2D eigenvalue weighted by molar-refractivity contribution is -0.137. The first-order valence-corrected chi connectivity index (χ1v) is 11.6. The lowest BCUT2D eigenvalue weighted by Gasteiger charge is -2.33. The summed E-state index contributed by atoms with van der Waals surface area (Å²) in [5, 5.41) is 4.40. The summed E-state index contributed by atoms with van der Waals surface area (Å²) in [6.07, 6.45) is -4.54. The molecule has 0 spiro atoms. The fourth-order valence-electron chi connectivity index (χ4n) is 3.67. The summed E-state index contributed by atoms with van der Waals surface area (Å²) in [6.45, 7) is 2.21. The quantitative estimate of drug-likeness (QED) is 0.577. The van der Waals surface area contributed by atoms with Crippen LogP contribution in [0.15, 0.2) is 65.6 Å². The molecular formula is C22H21F3N4O3S. The van der Waals surface area contributed by atoms with Crippen LogP contribution in [0.5, 0.6) is 0 Å². The first kappa shape index (κ1) is 23.0. The van der Waals surface area contributed by atoms with Crippen molar-refractivity contribution < 1.29 is 26.4 Å². The van der Waals surface area contributed by atoms with Crippen molar-refractivity contribution in [3.05, 3.63) is 77.6 Å². The molecule has 1 amide bonds. The summed E-state index contributed by atoms with van der Waals surface area (Å²) in [6, 6.07) is 14.5. The van der Waals surface area contributed by atoms with Gasteiger partial charge in [-0.15, -0.1) is 0 Å². The first-order chi connectivity index (χ1) is 15.6. The normalized spacial score (nSPS) is 15.6. The summed E-state index contributed by atoms with van der Waals surface area (Å²) in [5.41, 5.74) is 0.951. The Balaban J connectivity index is 1.44. The average molecular weight is 478 g/mol. The van der Waals surface area contributed by atoms with Crippen LogP contribution in [0.2, 0.25) is 0 Å². The Bertz CT molecular complexity index is 1250. The van der Waals surface area contributed by atoms with E-state index in [2.05, 4.69) is 5.10 Å². The van der Waals surface area contributed by atoms with Gasteiger partial charge < -0.3 is 4.90 Å². The molecule has 1 aliphatic heterocycles. The third-order valence-corrected chi connectivity index (χ3v) is 7.37. The van der Waals surface area contributed by atoms with E-state index in [9.17, 15) is 26.4 Å². The zero-order valence-corrected chi connectivity index (χ0v) is 18.5. The van der Waals surface area contributed by atoms with Gasteiger partial charge in [-0.25, -0.2) is 13.1 Å². The molecule has 0 unspecified atom stereocenters. The molecule has 1 fully saturated rings. The number of hydrogen-bond acceptors (Lipinski definition) is 4. The molecule has 33 heavy (non-hydrogen) atoms. The number of sulfonamides is 1. The number of rotatable bonds is 4. The van der Waals surface area contributed by atoms with E-state index in [-0.39, 0.29) is 42.7 Å². The van der Waals surface area contributed by atoms with Gasteiger partial charge in [-0.3, -0.25) is 4.79 Å². The van der Waals surface area contributed by atoms with E-state index >= 15 is 0 Å². The number of amides is 1. The van der Waals surface area contributed by atoms with Crippen LogP contribution >= 0.6 is 0 Å². The zero-order chi connectivity index (χ0) is 23.8. The molecule has 0 aliphatic carbocycles. The summed E-state index contributed by atoms with van der Waals surface area (Å²) in [7, 11) is -3.97. The molecular weight excluding hydrogens is 457 g/mol. The van der Waals surface area contributed by atoms with Gasteiger partial charge in [0.15, 0.2) is 5.69 Å². The molecule has 174 valence electrons. The Kier molecular flexibility index (Phi) is 6.02. The third kappa shape index (κ3) is 4.64. The topological polar surface area (TPSA) is 75.5 Å². The molecule has 3 aromatic rings. The van der Waals surface area contributed by atoms with Gasteiger partial charge >= 0.3 is 6.18 Å². The van der Waals surface area contributed by atoms with Crippen molar-refractivity contribution in [1.29, 1.82) is 0 Å². The van der Waals surface area contributed by atoms with E-state index < -0.39 is 21.8 Å². The van der Waals surface area contributed by atoms with Crippen molar-refractivity contribution in [2.24, 2.45) is 0 Å². The van der Waals surface area contributed by atoms with Gasteiger partial charge in [0.25, 0.3) is 5.91 Å². The molecule has 0 atom stereocenters. The van der Waals surface area contributed by atoms with Crippen molar-refractivity contribution in [1.82, 2.24) is 19.0 Å². The standard InChI is InChI=1S/C22H21F3N4O3S/c1-16-15-20(26-29(16)18-5-3-2-4-6-18)21(30)27-11-13-28(14-12-27)33(31,32)19-9-7-17(8-10-19)22(23,24)25/h2-10,15H,11-14H2,1H3. The predicted molar refractivity (Wildman–Crippen MR) is 114 cm³/mol. The van der Waals surface area contributed by atoms with Crippen LogP contribution < -0.4 is 0 Å². The van der Waals surface area contributed by atoms with Gasteiger partial charge in [0.1, 0.15) is 0 Å². The number of nitrogens with zero attached hydrogens (tertiary/aromatic N) is 4. The van der Waals surface area contributed by atoms with Crippen LogP contribution in [0, 0.1) is 6.92 Å². The van der Waals surface area contributed by atoms with E-state index in [4.69, 9.17) is 0 Å². The van der Waals surface area contributed by atoms with Crippen molar-refractivity contribution in [2.45, 2.75) is 18.0 Å². The Hall–Kier alpha value is -3.18. The van der Waals surface area contributed by atoms with Crippen molar-refractivity contribution in [3.8, 4) is 5.69 Å². The highest BCUT2D eigenvalue weighted by atomic mass is 32.2. The van der Waals surface area contributed by atoms with Crippen molar-refractivity contribution >= 4 is 15.9 Å². The number of para-hydroxylation sites is 1. The van der Waals surface area contributed by atoms with Crippen LogP contribution in [0.1, 0.15) is 21.7 Å². The molecule has 1 aromatic heterocycles. The minimum Gasteiger partial charge on any atom is -0.335 e. The number of aryl methyl sites for hydroxylation is 1. The molecule has 7 nitrogen and oxygen atoms in total. The number of benzene rings is 2. The van der Waals surface area contributed by atoms with Gasteiger partial charge in [-0.2, -0.15) is 22.6 Å². The second-order valence-corrected chi connectivity index (χ2v) is 9.57. The van der Waals surface area contributed by atoms with Crippen molar-refractivity contribution in [2.75, 3.05) is 26.2 Å². The molecule has 0 saturated carbocycles. The number of aromatic nitrogens is 2. The van der Waals surface area contributed by atoms with Gasteiger partial charge in [0.2, 0.25) is 10.0 Å². The van der Waals surface area contributed by atoms with E-state index in [1.165, 1.54) is 9.21 Å². The smallest absolute Gasteiger partial charge is 0.335 e. The second-order valence-electron chi connectivity index (χ2n) is 7.64. The van der Waals surface area contributed by atoms with E-state index in [1.807, 2.05) is 37.3 Å². The third-order valence-electron chi connectivity index (χ3n) is 5.45. The fraction of sp³-hybridized carbons (Fsp3) is 0.273. The number of halogens is 3. The summed E-state index contributed by atoms with van der Waals surface area (Å²) in [5.74, 6) is -0.306. The van der Waals surface area contributed by atoms with Crippen LogP contribution in [0.3, 0.4) is 0 Å². The lowest BCUT2D eigenvalue weighted by Crippen LogP contribution is -2.50. The monoisotopic (exact) mass is 478 g/mol. The number of carbonyl (C=O) groups excluding carboxylic acids is 1. The second kappa shape index (κ2) is 8.64. The van der Waals surface area contributed by atoms with Crippen LogP contribution in [0.4, 0.5) is 13.2 Å². The Morgan fingerprint density at radius 1 is 0.939 bits per heavy atom. The van der Waals surface area contributed by atoms with E-state index in [1.54, 1.807) is 10.7 Å². The highest BCUT2D eigenvalue weighted by Crippen LogP contribution is 2.30. The Morgan fingerprint density at radius 3 is 2.12 bits per heavy atom. The Labute approximate surface area is 189 Å². The zero-order valence-electron chi connectivity index (χ0n) is 17.7. The predicted octanol–water partition coefficient (Wildman–Crippen LogP) is 3.35. The maximum atomic E-state index is 12.9. The first-order valence-electron chi connectivity index (χ1n) is 10.2. The van der Waals surface area contributed by atoms with Crippen LogP contribution in [-0.4, -0.2) is 59.5 Å². The summed E-state index contributed by atoms with van der Waals surface area (Å²) in [4.78, 5) is 14.2. The van der Waals surface area contributed by atoms with Crippen LogP contribution in [-0.2, 0) is 16.2 Å². The molecule has 2 aromatic carbocycles. The minimum atomic E-state index is -4.54. The summed E-state index contributed by atoms with van der Waals surface area (Å²) < 4.78 is 66.7. The van der Waals surface area contributed by atoms with E-state index in [0.717, 1.165) is 35.6 Å². The number of carbonyl (C=O) groups is 1. The maximum absolute atomic E-state index is 12.9. The minimum absolute atomic E-state index is 0.0352. The van der Waals surface area contributed by atoms with Gasteiger partial charge in [-0.1, -0.05) is 18.2 Å². The highest BCUT2D eigenvalue weighted by molar-refractivity contribution is 7.89. The largest absolute Gasteiger partial charge is 0.416 e. The van der Waals surface area contributed by atoms with Gasteiger partial charge in [0.05, 0.1) is 16.1 Å². The number of hydrogen-bond donors (Lipinski definition) is 0. The fourth-order valence-corrected chi connectivity index (χ4v) is 5.09. The number of alkyl halides is 3. The van der Waals surface area contributed by atoms with Gasteiger partial charge in [-0.05, 0) is 49.4 Å². The molecule has 0 radical (unpaired) electrons. The molecule has 1 aliphatic rings. The SMILES string of the molecule is Cc1cc(C(=O)N2CCN(S(=O)(=O)c3ccc(C(F)(F)F)cc3)CC2)nn1-c1ccccc1. The molecule has 11 heteroatoms. The maximum Gasteiger partial charge on any atom is 0.416 e. The summed E-state index contributed by atoms with van der Waals surface area (Å²) >= 11 is 0. The van der Waals surface area contributed by atoms with E-state index in [0.29, 0.717) is 0 Å².